The lowest BCUT2D eigenvalue weighted by atomic mass is 10.0. The summed E-state index contributed by atoms with van der Waals surface area (Å²) in [6, 6.07) is 10.9. The topological polar surface area (TPSA) is 55.1 Å². The second-order valence-corrected chi connectivity index (χ2v) is 9.77. The summed E-state index contributed by atoms with van der Waals surface area (Å²) in [4.78, 5) is 9.82. The fourth-order valence-corrected chi connectivity index (χ4v) is 6.23. The molecule has 1 saturated heterocycles. The van der Waals surface area contributed by atoms with Crippen LogP contribution in [-0.2, 0) is 13.0 Å². The Hall–Kier alpha value is -2.09. The van der Waals surface area contributed by atoms with Crippen LogP contribution in [0.5, 0.6) is 0 Å². The van der Waals surface area contributed by atoms with E-state index in [9.17, 15) is 0 Å². The maximum atomic E-state index is 6.06. The fraction of sp³-hybridized carbons (Fsp3) is 0.409. The Balaban J connectivity index is 1.37. The van der Waals surface area contributed by atoms with E-state index in [0.717, 1.165) is 29.8 Å². The summed E-state index contributed by atoms with van der Waals surface area (Å²) < 4.78 is 7.32. The van der Waals surface area contributed by atoms with Gasteiger partial charge in [-0.15, -0.1) is 32.9 Å². The predicted octanol–water partition coefficient (Wildman–Crippen LogP) is 6.01. The highest BCUT2D eigenvalue weighted by Gasteiger charge is 2.28. The molecule has 1 aromatic carbocycles. The molecule has 0 unspecified atom stereocenters. The van der Waals surface area contributed by atoms with E-state index in [1.165, 1.54) is 33.0 Å². The van der Waals surface area contributed by atoms with Crippen LogP contribution in [0.4, 0.5) is 0 Å². The fourth-order valence-electron chi connectivity index (χ4n) is 4.06. The molecule has 0 radical (unpaired) electrons. The number of piperidine rings is 1. The van der Waals surface area contributed by atoms with E-state index in [0.29, 0.717) is 24.4 Å². The van der Waals surface area contributed by atoms with Crippen LogP contribution in [0.2, 0.25) is 0 Å². The lowest BCUT2D eigenvalue weighted by Gasteiger charge is -2.33. The van der Waals surface area contributed by atoms with Gasteiger partial charge in [-0.3, -0.25) is 4.90 Å². The highest BCUT2D eigenvalue weighted by atomic mass is 32.1. The average molecular weight is 425 g/mol. The summed E-state index contributed by atoms with van der Waals surface area (Å²) >= 11 is 3.56. The zero-order chi connectivity index (χ0) is 19.8. The molecule has 4 heterocycles. The van der Waals surface area contributed by atoms with E-state index in [1.807, 2.05) is 11.3 Å². The minimum Gasteiger partial charge on any atom is -0.419 e. The van der Waals surface area contributed by atoms with Crippen LogP contribution in [0.1, 0.15) is 53.6 Å². The van der Waals surface area contributed by atoms with Crippen molar-refractivity contribution in [3.8, 4) is 10.8 Å². The molecule has 0 bridgehead atoms. The number of hydrogen-bond acceptors (Lipinski definition) is 7. The molecular weight excluding hydrogens is 400 g/mol. The van der Waals surface area contributed by atoms with E-state index in [2.05, 4.69) is 59.3 Å². The van der Waals surface area contributed by atoms with Crippen molar-refractivity contribution in [2.45, 2.75) is 52.1 Å². The van der Waals surface area contributed by atoms with Crippen molar-refractivity contribution in [1.29, 1.82) is 0 Å². The number of para-hydroxylation sites is 1. The molecule has 1 aliphatic heterocycles. The summed E-state index contributed by atoms with van der Waals surface area (Å²) in [7, 11) is 0. The molecule has 150 valence electrons. The van der Waals surface area contributed by atoms with Crippen LogP contribution in [0.25, 0.3) is 21.0 Å². The van der Waals surface area contributed by atoms with Gasteiger partial charge in [-0.2, -0.15) is 0 Å². The van der Waals surface area contributed by atoms with E-state index in [-0.39, 0.29) is 0 Å². The molecular formula is C22H24N4OS2. The molecule has 1 fully saturated rings. The molecule has 5 nitrogen and oxygen atoms in total. The van der Waals surface area contributed by atoms with Gasteiger partial charge >= 0.3 is 0 Å². The van der Waals surface area contributed by atoms with E-state index >= 15 is 0 Å². The van der Waals surface area contributed by atoms with Gasteiger partial charge in [-0.25, -0.2) is 4.98 Å². The van der Waals surface area contributed by atoms with E-state index in [4.69, 9.17) is 9.40 Å². The van der Waals surface area contributed by atoms with Crippen molar-refractivity contribution in [2.24, 2.45) is 0 Å². The number of hydrogen-bond donors (Lipinski definition) is 0. The van der Waals surface area contributed by atoms with Crippen molar-refractivity contribution in [2.75, 3.05) is 6.54 Å². The lowest BCUT2D eigenvalue weighted by molar-refractivity contribution is 0.128. The SMILES string of the molecule is CCc1sc(-c2nnc(CN3CCCC[C@@H]3c3nc4ccccc4s3)o2)cc1C. The molecule has 3 aromatic heterocycles. The van der Waals surface area contributed by atoms with Gasteiger partial charge in [0.2, 0.25) is 5.89 Å². The summed E-state index contributed by atoms with van der Waals surface area (Å²) in [5.74, 6) is 1.33. The Morgan fingerprint density at radius 1 is 1.17 bits per heavy atom. The first-order chi connectivity index (χ1) is 14.2. The number of aryl methyl sites for hydroxylation is 2. The van der Waals surface area contributed by atoms with Gasteiger partial charge < -0.3 is 4.42 Å². The molecule has 0 N–H and O–H groups in total. The van der Waals surface area contributed by atoms with Crippen molar-refractivity contribution in [3.05, 3.63) is 51.7 Å². The number of rotatable bonds is 5. The third kappa shape index (κ3) is 3.74. The third-order valence-corrected chi connectivity index (χ3v) is 8.07. The van der Waals surface area contributed by atoms with E-state index < -0.39 is 0 Å². The van der Waals surface area contributed by atoms with Crippen molar-refractivity contribution < 1.29 is 4.42 Å². The van der Waals surface area contributed by atoms with Gasteiger partial charge in [0.05, 0.1) is 27.7 Å². The number of likely N-dealkylation sites (tertiary alicyclic amines) is 1. The highest BCUT2D eigenvalue weighted by Crippen LogP contribution is 2.37. The number of thiophene rings is 1. The van der Waals surface area contributed by atoms with Gasteiger partial charge in [0.1, 0.15) is 5.01 Å². The molecule has 0 aliphatic carbocycles. The van der Waals surface area contributed by atoms with Crippen molar-refractivity contribution in [1.82, 2.24) is 20.1 Å². The first-order valence-electron chi connectivity index (χ1n) is 10.2. The zero-order valence-electron chi connectivity index (χ0n) is 16.7. The lowest BCUT2D eigenvalue weighted by Crippen LogP contribution is -2.33. The minimum absolute atomic E-state index is 0.326. The monoisotopic (exact) mass is 424 g/mol. The van der Waals surface area contributed by atoms with Crippen LogP contribution in [0.15, 0.2) is 34.7 Å². The van der Waals surface area contributed by atoms with E-state index in [1.54, 1.807) is 11.3 Å². The van der Waals surface area contributed by atoms with Gasteiger partial charge in [0.25, 0.3) is 5.89 Å². The summed E-state index contributed by atoms with van der Waals surface area (Å²) in [5, 5.41) is 9.88. The Labute approximate surface area is 178 Å². The number of fused-ring (bicyclic) bond motifs is 1. The van der Waals surface area contributed by atoms with Crippen LogP contribution in [0, 0.1) is 6.92 Å². The Kier molecular flexibility index (Phi) is 5.20. The zero-order valence-corrected chi connectivity index (χ0v) is 18.4. The van der Waals surface area contributed by atoms with Gasteiger partial charge in [0, 0.05) is 4.88 Å². The number of aromatic nitrogens is 3. The smallest absolute Gasteiger partial charge is 0.257 e. The molecule has 0 amide bonds. The molecule has 4 aromatic rings. The largest absolute Gasteiger partial charge is 0.419 e. The Morgan fingerprint density at radius 3 is 2.90 bits per heavy atom. The maximum Gasteiger partial charge on any atom is 0.257 e. The van der Waals surface area contributed by atoms with Crippen molar-refractivity contribution in [3.63, 3.8) is 0 Å². The van der Waals surface area contributed by atoms with Gasteiger partial charge in [0.15, 0.2) is 0 Å². The summed E-state index contributed by atoms with van der Waals surface area (Å²) in [6.45, 7) is 6.04. The van der Waals surface area contributed by atoms with Crippen LogP contribution in [-0.4, -0.2) is 26.6 Å². The minimum atomic E-state index is 0.326. The summed E-state index contributed by atoms with van der Waals surface area (Å²) in [5.41, 5.74) is 2.40. The predicted molar refractivity (Wildman–Crippen MR) is 118 cm³/mol. The number of thiazole rings is 1. The van der Waals surface area contributed by atoms with Crippen LogP contribution >= 0.6 is 22.7 Å². The maximum absolute atomic E-state index is 6.06. The first-order valence-corrected chi connectivity index (χ1v) is 11.9. The molecule has 1 atom stereocenters. The Bertz CT molecular complexity index is 1100. The molecule has 5 rings (SSSR count). The normalized spacial score (nSPS) is 17.9. The van der Waals surface area contributed by atoms with Crippen molar-refractivity contribution >= 4 is 32.9 Å². The third-order valence-electron chi connectivity index (χ3n) is 5.57. The van der Waals surface area contributed by atoms with Gasteiger partial charge in [-0.1, -0.05) is 25.5 Å². The summed E-state index contributed by atoms with van der Waals surface area (Å²) in [6.07, 6.45) is 4.60. The molecule has 0 spiro atoms. The molecule has 0 saturated carbocycles. The quantitative estimate of drug-likeness (QED) is 0.393. The number of benzene rings is 1. The molecule has 7 heteroatoms. The van der Waals surface area contributed by atoms with Crippen LogP contribution < -0.4 is 0 Å². The molecule has 1 aliphatic rings. The molecule has 29 heavy (non-hydrogen) atoms. The second-order valence-electron chi connectivity index (χ2n) is 7.57. The van der Waals surface area contributed by atoms with Gasteiger partial charge in [-0.05, 0) is 56.5 Å². The highest BCUT2D eigenvalue weighted by molar-refractivity contribution is 7.18. The average Bonchev–Trinajstić information content (AvgIpc) is 3.46. The number of nitrogens with zero attached hydrogens (tertiary/aromatic N) is 4. The first kappa shape index (κ1) is 18.9. The Morgan fingerprint density at radius 2 is 2.07 bits per heavy atom. The second kappa shape index (κ2) is 7.97. The standard InChI is InChI=1S/C22H24N4OS2/c1-3-17-14(2)12-19(28-17)21-25-24-20(27-21)13-26-11-7-6-9-16(26)22-23-15-8-4-5-10-18(15)29-22/h4-5,8,10,12,16H,3,6-7,9,11,13H2,1-2H3/t16-/m1/s1. The van der Waals surface area contributed by atoms with Crippen LogP contribution in [0.3, 0.4) is 0 Å².